The second kappa shape index (κ2) is 67.6. The average Bonchev–Trinajstić information content (AvgIpc) is 3.30. The predicted octanol–water partition coefficient (Wildman–Crippen LogP) is 20.8. The van der Waals surface area contributed by atoms with Gasteiger partial charge < -0.3 is 45.1 Å². The van der Waals surface area contributed by atoms with Crippen molar-refractivity contribution < 1.29 is 49.3 Å². The molecule has 1 rings (SSSR count). The molecule has 0 aliphatic carbocycles. The molecule has 7 atom stereocenters. The van der Waals surface area contributed by atoms with Gasteiger partial charge in [-0.2, -0.15) is 0 Å². The van der Waals surface area contributed by atoms with Crippen LogP contribution < -0.4 is 5.32 Å². The first-order valence-corrected chi connectivity index (χ1v) is 39.1. The SMILES string of the molecule is CCCCC/C=C\CCCCCCCC(=O)OCCCCCCCCCCCCCCCCCCCCCCCCCCCCCCCCCCCCCCCCCC(=O)NC(COC1OC(CO)C(O)C(O)C1O)C(O)/C=C/CCCCCCCCCC. The van der Waals surface area contributed by atoms with E-state index in [1.165, 1.54) is 315 Å². The lowest BCUT2D eigenvalue weighted by Crippen LogP contribution is -2.60. The van der Waals surface area contributed by atoms with Crippen LogP contribution in [0, 0.1) is 0 Å². The van der Waals surface area contributed by atoms with Crippen LogP contribution in [0.25, 0.3) is 0 Å². The fourth-order valence-corrected chi connectivity index (χ4v) is 12.7. The number of carbonyl (C=O) groups is 2. The summed E-state index contributed by atoms with van der Waals surface area (Å²) in [6, 6.07) is -0.804. The van der Waals surface area contributed by atoms with Crippen molar-refractivity contribution in [1.82, 2.24) is 5.32 Å². The molecule has 0 bridgehead atoms. The molecule has 0 radical (unpaired) electrons. The van der Waals surface area contributed by atoms with E-state index in [9.17, 15) is 35.1 Å². The van der Waals surface area contributed by atoms with Gasteiger partial charge in [0.1, 0.15) is 24.4 Å². The van der Waals surface area contributed by atoms with Gasteiger partial charge in [0.15, 0.2) is 6.29 Å². The van der Waals surface area contributed by atoms with Gasteiger partial charge in [-0.15, -0.1) is 0 Å². The Kier molecular flexibility index (Phi) is 64.6. The van der Waals surface area contributed by atoms with E-state index in [1.807, 2.05) is 6.08 Å². The first kappa shape index (κ1) is 85.2. The quantitative estimate of drug-likeness (QED) is 0.0195. The second-order valence-corrected chi connectivity index (χ2v) is 27.4. The van der Waals surface area contributed by atoms with Gasteiger partial charge in [-0.1, -0.05) is 353 Å². The largest absolute Gasteiger partial charge is 0.466 e. The van der Waals surface area contributed by atoms with Gasteiger partial charge in [0, 0.05) is 12.8 Å². The Bertz CT molecular complexity index is 1530. The van der Waals surface area contributed by atoms with Crippen molar-refractivity contribution in [1.29, 1.82) is 0 Å². The topological polar surface area (TPSA) is 175 Å². The number of aliphatic hydroxyl groups excluding tert-OH is 5. The van der Waals surface area contributed by atoms with Crippen LogP contribution in [0.3, 0.4) is 0 Å². The summed E-state index contributed by atoms with van der Waals surface area (Å²) in [7, 11) is 0. The molecular formula is C78H149NO10. The van der Waals surface area contributed by atoms with Crippen molar-refractivity contribution in [3.8, 4) is 0 Å². The van der Waals surface area contributed by atoms with Gasteiger partial charge in [0.25, 0.3) is 0 Å². The van der Waals surface area contributed by atoms with E-state index in [4.69, 9.17) is 14.2 Å². The van der Waals surface area contributed by atoms with Crippen molar-refractivity contribution in [3.05, 3.63) is 24.3 Å². The molecule has 1 aliphatic heterocycles. The molecule has 11 heteroatoms. The molecular weight excluding hydrogens is 1110 g/mol. The molecule has 11 nitrogen and oxygen atoms in total. The van der Waals surface area contributed by atoms with E-state index in [0.717, 1.165) is 57.8 Å². The number of carbonyl (C=O) groups excluding carboxylic acids is 2. The zero-order chi connectivity index (χ0) is 64.4. The highest BCUT2D eigenvalue weighted by molar-refractivity contribution is 5.76. The molecule has 0 aromatic heterocycles. The van der Waals surface area contributed by atoms with E-state index in [1.54, 1.807) is 6.08 Å². The van der Waals surface area contributed by atoms with Crippen LogP contribution in [-0.2, 0) is 23.8 Å². The molecule has 7 unspecified atom stereocenters. The molecule has 0 aromatic carbocycles. The third kappa shape index (κ3) is 56.2. The summed E-state index contributed by atoms with van der Waals surface area (Å²) in [6.45, 7) is 4.35. The van der Waals surface area contributed by atoms with Gasteiger partial charge in [-0.3, -0.25) is 9.59 Å². The fraction of sp³-hybridized carbons (Fsp3) is 0.923. The third-order valence-electron chi connectivity index (χ3n) is 18.8. The Balaban J connectivity index is 1.85. The van der Waals surface area contributed by atoms with E-state index < -0.39 is 49.5 Å². The van der Waals surface area contributed by atoms with Crippen molar-refractivity contribution in [2.75, 3.05) is 19.8 Å². The lowest BCUT2D eigenvalue weighted by molar-refractivity contribution is -0.302. The monoisotopic (exact) mass is 1260 g/mol. The Morgan fingerprint density at radius 3 is 1.10 bits per heavy atom. The number of aliphatic hydroxyl groups is 5. The lowest BCUT2D eigenvalue weighted by Gasteiger charge is -2.40. The standard InChI is InChI=1S/C78H149NO10/c1-3-5-7-9-11-13-15-46-50-54-58-62-66-74(83)87-67-63-59-55-51-47-44-42-40-38-36-34-32-30-28-26-24-22-20-18-16-17-19-21-23-25-27-29-31-33-35-37-39-41-43-45-49-53-57-61-65-73(82)79-70(69-88-78-77(86)76(85)75(84)72(68-80)89-78)71(81)64-60-56-52-48-14-12-10-8-6-4-2/h11,13,60,64,70-72,75-78,80-81,84-86H,3-10,12,14-59,61-63,65-69H2,1-2H3,(H,79,82)/b13-11-,64-60+. The number of amides is 1. The van der Waals surface area contributed by atoms with Crippen molar-refractivity contribution in [3.63, 3.8) is 0 Å². The number of allylic oxidation sites excluding steroid dienone is 3. The van der Waals surface area contributed by atoms with Gasteiger partial charge in [0.05, 0.1) is 32.0 Å². The smallest absolute Gasteiger partial charge is 0.305 e. The van der Waals surface area contributed by atoms with E-state index in [0.29, 0.717) is 19.4 Å². The van der Waals surface area contributed by atoms with E-state index in [2.05, 4.69) is 31.3 Å². The highest BCUT2D eigenvalue weighted by Crippen LogP contribution is 2.24. The summed E-state index contributed by atoms with van der Waals surface area (Å²) >= 11 is 0. The van der Waals surface area contributed by atoms with Crippen molar-refractivity contribution in [2.45, 2.75) is 442 Å². The molecule has 89 heavy (non-hydrogen) atoms. The maximum absolute atomic E-state index is 13.0. The zero-order valence-electron chi connectivity index (χ0n) is 58.7. The zero-order valence-corrected chi connectivity index (χ0v) is 58.7. The molecule has 6 N–H and O–H groups in total. The first-order chi connectivity index (χ1) is 43.7. The average molecular weight is 1260 g/mol. The highest BCUT2D eigenvalue weighted by atomic mass is 16.7. The van der Waals surface area contributed by atoms with Crippen LogP contribution in [0.1, 0.15) is 399 Å². The van der Waals surface area contributed by atoms with Crippen molar-refractivity contribution >= 4 is 11.9 Å². The molecule has 1 saturated heterocycles. The normalized spacial score (nSPS) is 17.8. The molecule has 526 valence electrons. The van der Waals surface area contributed by atoms with Crippen LogP contribution in [0.15, 0.2) is 24.3 Å². The van der Waals surface area contributed by atoms with Crippen molar-refractivity contribution in [2.24, 2.45) is 0 Å². The predicted molar refractivity (Wildman–Crippen MR) is 375 cm³/mol. The van der Waals surface area contributed by atoms with E-state index in [-0.39, 0.29) is 18.5 Å². The summed E-state index contributed by atoms with van der Waals surface area (Å²) in [5.41, 5.74) is 0. The van der Waals surface area contributed by atoms with Gasteiger partial charge in [-0.05, 0) is 57.8 Å². The molecule has 1 aliphatic rings. The Labute approximate surface area is 550 Å². The Morgan fingerprint density at radius 2 is 0.719 bits per heavy atom. The van der Waals surface area contributed by atoms with Crippen LogP contribution in [0.2, 0.25) is 0 Å². The number of rotatable bonds is 70. The molecule has 0 spiro atoms. The number of hydrogen-bond donors (Lipinski definition) is 6. The molecule has 0 aromatic rings. The van der Waals surface area contributed by atoms with Crippen LogP contribution in [0.4, 0.5) is 0 Å². The third-order valence-corrected chi connectivity index (χ3v) is 18.8. The Morgan fingerprint density at radius 1 is 0.404 bits per heavy atom. The van der Waals surface area contributed by atoms with Crippen LogP contribution in [-0.4, -0.2) is 100 Å². The van der Waals surface area contributed by atoms with Gasteiger partial charge >= 0.3 is 5.97 Å². The number of ether oxygens (including phenoxy) is 3. The van der Waals surface area contributed by atoms with Gasteiger partial charge in [0.2, 0.25) is 5.91 Å². The Hall–Kier alpha value is -1.86. The van der Waals surface area contributed by atoms with Crippen LogP contribution in [0.5, 0.6) is 0 Å². The molecule has 0 saturated carbocycles. The maximum Gasteiger partial charge on any atom is 0.305 e. The summed E-state index contributed by atoms with van der Waals surface area (Å²) in [6.07, 6.45) is 76.6. The maximum atomic E-state index is 13.0. The number of esters is 1. The number of unbranched alkanes of at least 4 members (excludes halogenated alkanes) is 54. The summed E-state index contributed by atoms with van der Waals surface area (Å²) in [4.78, 5) is 25.1. The summed E-state index contributed by atoms with van der Waals surface area (Å²) in [5.74, 6) is -0.166. The minimum atomic E-state index is -1.57. The minimum absolute atomic E-state index is 0.00876. The number of hydrogen-bond acceptors (Lipinski definition) is 10. The lowest BCUT2D eigenvalue weighted by atomic mass is 9.99. The second-order valence-electron chi connectivity index (χ2n) is 27.4. The minimum Gasteiger partial charge on any atom is -0.466 e. The summed E-state index contributed by atoms with van der Waals surface area (Å²) < 4.78 is 16.7. The highest BCUT2D eigenvalue weighted by Gasteiger charge is 2.44. The molecule has 1 fully saturated rings. The molecule has 1 amide bonds. The number of nitrogens with one attached hydrogen (secondary N) is 1. The van der Waals surface area contributed by atoms with Crippen LogP contribution >= 0.6 is 0 Å². The van der Waals surface area contributed by atoms with Gasteiger partial charge in [-0.25, -0.2) is 0 Å². The summed E-state index contributed by atoms with van der Waals surface area (Å²) in [5, 5.41) is 54.4. The van der Waals surface area contributed by atoms with E-state index >= 15 is 0 Å². The fourth-order valence-electron chi connectivity index (χ4n) is 12.7. The molecule has 1 heterocycles. The first-order valence-electron chi connectivity index (χ1n) is 39.1.